The molecule has 4 nitrogen and oxygen atoms in total. The van der Waals surface area contributed by atoms with Crippen molar-refractivity contribution in [3.8, 4) is 0 Å². The second kappa shape index (κ2) is 3.96. The summed E-state index contributed by atoms with van der Waals surface area (Å²) in [6.45, 7) is 1.92. The third kappa shape index (κ3) is 1.94. The molecule has 1 amide bonds. The zero-order valence-electron chi connectivity index (χ0n) is 7.36. The molecule has 2 atom stereocenters. The first-order valence-corrected chi connectivity index (χ1v) is 4.66. The Morgan fingerprint density at radius 1 is 1.54 bits per heavy atom. The summed E-state index contributed by atoms with van der Waals surface area (Å²) < 4.78 is 0. The van der Waals surface area contributed by atoms with Crippen molar-refractivity contribution in [1.82, 2.24) is 4.90 Å². The van der Waals surface area contributed by atoms with Crippen molar-refractivity contribution in [2.24, 2.45) is 0 Å². The molecule has 1 N–H and O–H groups in total. The Morgan fingerprint density at radius 3 is 2.54 bits per heavy atom. The fourth-order valence-corrected chi connectivity index (χ4v) is 2.05. The highest BCUT2D eigenvalue weighted by Gasteiger charge is 2.39. The second-order valence-corrected chi connectivity index (χ2v) is 3.48. The first-order chi connectivity index (χ1) is 6.07. The van der Waals surface area contributed by atoms with Crippen molar-refractivity contribution in [3.63, 3.8) is 0 Å². The van der Waals surface area contributed by atoms with Crippen LogP contribution in [-0.2, 0) is 4.79 Å². The van der Waals surface area contributed by atoms with Gasteiger partial charge in [-0.2, -0.15) is 0 Å². The van der Waals surface area contributed by atoms with Gasteiger partial charge in [0.15, 0.2) is 0 Å². The lowest BCUT2D eigenvalue weighted by Gasteiger charge is -2.24. The van der Waals surface area contributed by atoms with Gasteiger partial charge < -0.3 is 10.0 Å². The van der Waals surface area contributed by atoms with Crippen LogP contribution >= 0.6 is 11.6 Å². The molecule has 0 aromatic rings. The van der Waals surface area contributed by atoms with Crippen molar-refractivity contribution in [1.29, 1.82) is 0 Å². The number of carbonyl (C=O) groups excluding carboxylic acids is 1. The largest absolute Gasteiger partial charge is 0.480 e. The predicted octanol–water partition coefficient (Wildman–Crippen LogP) is 1.67. The number of likely N-dealkylation sites (tertiary alicyclic amines) is 1. The third-order valence-corrected chi connectivity index (χ3v) is 2.66. The van der Waals surface area contributed by atoms with E-state index in [1.165, 1.54) is 4.90 Å². The van der Waals surface area contributed by atoms with Gasteiger partial charge in [-0.3, -0.25) is 4.79 Å². The van der Waals surface area contributed by atoms with Crippen LogP contribution in [0.5, 0.6) is 0 Å². The quantitative estimate of drug-likeness (QED) is 0.551. The van der Waals surface area contributed by atoms with E-state index in [4.69, 9.17) is 16.7 Å². The van der Waals surface area contributed by atoms with Gasteiger partial charge in [-0.05, 0) is 30.9 Å². The van der Waals surface area contributed by atoms with Crippen LogP contribution in [0.25, 0.3) is 0 Å². The smallest absolute Gasteiger partial charge is 0.326 e. The molecular formula is C8H12ClNO3. The van der Waals surface area contributed by atoms with E-state index in [9.17, 15) is 9.59 Å². The zero-order valence-corrected chi connectivity index (χ0v) is 8.12. The molecule has 1 aliphatic heterocycles. The topological polar surface area (TPSA) is 57.6 Å². The van der Waals surface area contributed by atoms with Crippen LogP contribution < -0.4 is 0 Å². The Hall–Kier alpha value is -0.770. The van der Waals surface area contributed by atoms with E-state index in [-0.39, 0.29) is 6.04 Å². The summed E-state index contributed by atoms with van der Waals surface area (Å²) in [6, 6.07) is -0.735. The van der Waals surface area contributed by atoms with Crippen LogP contribution in [0.2, 0.25) is 0 Å². The summed E-state index contributed by atoms with van der Waals surface area (Å²) in [4.78, 5) is 23.0. The van der Waals surface area contributed by atoms with Gasteiger partial charge in [-0.1, -0.05) is 6.92 Å². The monoisotopic (exact) mass is 205 g/mol. The molecule has 1 rings (SSSR count). The summed E-state index contributed by atoms with van der Waals surface area (Å²) in [6.07, 6.45) is 1.99. The van der Waals surface area contributed by atoms with Crippen molar-refractivity contribution < 1.29 is 14.7 Å². The number of hydrogen-bond donors (Lipinski definition) is 1. The summed E-state index contributed by atoms with van der Waals surface area (Å²) >= 11 is 5.32. The normalized spacial score (nSPS) is 27.7. The molecule has 0 aromatic carbocycles. The van der Waals surface area contributed by atoms with Crippen molar-refractivity contribution in [2.75, 3.05) is 0 Å². The van der Waals surface area contributed by atoms with Gasteiger partial charge >= 0.3 is 11.3 Å². The van der Waals surface area contributed by atoms with Crippen LogP contribution in [-0.4, -0.2) is 33.4 Å². The number of hydrogen-bond acceptors (Lipinski definition) is 2. The number of rotatable bonds is 2. The van der Waals surface area contributed by atoms with Crippen LogP contribution in [0.3, 0.4) is 0 Å². The Kier molecular flexibility index (Phi) is 3.14. The molecule has 0 aliphatic carbocycles. The first-order valence-electron chi connectivity index (χ1n) is 4.28. The number of halogens is 1. The molecule has 1 aliphatic rings. The Bertz CT molecular complexity index is 231. The standard InChI is InChI=1S/C8H12ClNO3/c1-2-5-3-4-6(7(11)12)10(5)8(9)13/h5-6H,2-4H2,1H3,(H,11,12)/t5-,6+/m0/s1. The molecule has 0 saturated carbocycles. The maximum Gasteiger partial charge on any atom is 0.326 e. The highest BCUT2D eigenvalue weighted by molar-refractivity contribution is 6.63. The van der Waals surface area contributed by atoms with Gasteiger partial charge in [0, 0.05) is 6.04 Å². The van der Waals surface area contributed by atoms with Gasteiger partial charge in [0.25, 0.3) is 0 Å². The highest BCUT2D eigenvalue weighted by atomic mass is 35.5. The molecule has 0 bridgehead atoms. The van der Waals surface area contributed by atoms with Crippen LogP contribution in [0.1, 0.15) is 26.2 Å². The molecule has 1 heterocycles. The molecule has 1 saturated heterocycles. The molecule has 1 fully saturated rings. The molecular weight excluding hydrogens is 194 g/mol. The van der Waals surface area contributed by atoms with E-state index in [0.717, 1.165) is 12.8 Å². The lowest BCUT2D eigenvalue weighted by molar-refractivity contribution is -0.141. The minimum Gasteiger partial charge on any atom is -0.480 e. The van der Waals surface area contributed by atoms with Gasteiger partial charge in [0.05, 0.1) is 0 Å². The van der Waals surface area contributed by atoms with Gasteiger partial charge in [-0.25, -0.2) is 4.79 Å². The summed E-state index contributed by atoms with van der Waals surface area (Å²) in [5.41, 5.74) is 0. The third-order valence-electron chi connectivity index (χ3n) is 2.46. The van der Waals surface area contributed by atoms with Crippen molar-refractivity contribution in [2.45, 2.75) is 38.3 Å². The van der Waals surface area contributed by atoms with Crippen molar-refractivity contribution in [3.05, 3.63) is 0 Å². The Labute approximate surface area is 81.5 Å². The maximum absolute atomic E-state index is 11.0. The molecule has 13 heavy (non-hydrogen) atoms. The molecule has 5 heteroatoms. The lowest BCUT2D eigenvalue weighted by Crippen LogP contribution is -2.42. The number of carboxylic acids is 1. The summed E-state index contributed by atoms with van der Waals surface area (Å²) in [5.74, 6) is -0.968. The number of aliphatic carboxylic acids is 1. The Balaban J connectivity index is 2.78. The van der Waals surface area contributed by atoms with Gasteiger partial charge in [-0.15, -0.1) is 0 Å². The van der Waals surface area contributed by atoms with E-state index in [0.29, 0.717) is 6.42 Å². The minimum atomic E-state index is -0.968. The van der Waals surface area contributed by atoms with Crippen LogP contribution in [0.15, 0.2) is 0 Å². The van der Waals surface area contributed by atoms with Gasteiger partial charge in [0.2, 0.25) is 0 Å². The molecule has 0 unspecified atom stereocenters. The number of carboxylic acid groups (broad SMARTS) is 1. The fraction of sp³-hybridized carbons (Fsp3) is 0.750. The maximum atomic E-state index is 11.0. The number of amides is 1. The van der Waals surface area contributed by atoms with Crippen LogP contribution in [0.4, 0.5) is 4.79 Å². The van der Waals surface area contributed by atoms with Crippen LogP contribution in [0, 0.1) is 0 Å². The fourth-order valence-electron chi connectivity index (χ4n) is 1.79. The van der Waals surface area contributed by atoms with Gasteiger partial charge in [0.1, 0.15) is 6.04 Å². The molecule has 74 valence electrons. The molecule has 0 aromatic heterocycles. The minimum absolute atomic E-state index is 0.00824. The van der Waals surface area contributed by atoms with E-state index >= 15 is 0 Å². The predicted molar refractivity (Wildman–Crippen MR) is 47.8 cm³/mol. The SMILES string of the molecule is CC[C@H]1CC[C@H](C(=O)O)N1C(=O)Cl. The average Bonchev–Trinajstić information content (AvgIpc) is 2.46. The molecule has 0 radical (unpaired) electrons. The highest BCUT2D eigenvalue weighted by Crippen LogP contribution is 2.27. The second-order valence-electron chi connectivity index (χ2n) is 3.15. The summed E-state index contributed by atoms with van der Waals surface area (Å²) in [7, 11) is 0. The van der Waals surface area contributed by atoms with E-state index in [1.54, 1.807) is 0 Å². The molecule has 0 spiro atoms. The zero-order chi connectivity index (χ0) is 10.0. The van der Waals surface area contributed by atoms with E-state index in [1.807, 2.05) is 6.92 Å². The van der Waals surface area contributed by atoms with E-state index < -0.39 is 17.4 Å². The number of carbonyl (C=O) groups is 2. The first kappa shape index (κ1) is 10.3. The van der Waals surface area contributed by atoms with E-state index in [2.05, 4.69) is 0 Å². The average molecular weight is 206 g/mol. The number of nitrogens with zero attached hydrogens (tertiary/aromatic N) is 1. The summed E-state index contributed by atoms with van der Waals surface area (Å²) in [5, 5.41) is 8.14. The Morgan fingerprint density at radius 2 is 2.15 bits per heavy atom. The van der Waals surface area contributed by atoms with Crippen molar-refractivity contribution >= 4 is 22.9 Å². The lowest BCUT2D eigenvalue weighted by atomic mass is 10.1.